The van der Waals surface area contributed by atoms with Crippen molar-refractivity contribution in [2.75, 3.05) is 27.7 Å². The Bertz CT molecular complexity index is 967. The molecule has 0 unspecified atom stereocenters. The van der Waals surface area contributed by atoms with Gasteiger partial charge in [0, 0.05) is 55.4 Å². The third-order valence-electron chi connectivity index (χ3n) is 5.01. The van der Waals surface area contributed by atoms with E-state index in [0.29, 0.717) is 0 Å². The van der Waals surface area contributed by atoms with E-state index in [-0.39, 0.29) is 5.91 Å². The van der Waals surface area contributed by atoms with E-state index in [9.17, 15) is 4.79 Å². The average molecular weight is 353 g/mol. The molecule has 0 aliphatic carbocycles. The molecule has 1 aliphatic heterocycles. The Kier molecular flexibility index (Phi) is 3.93. The van der Waals surface area contributed by atoms with Crippen molar-refractivity contribution in [3.05, 3.63) is 51.3 Å². The summed E-state index contributed by atoms with van der Waals surface area (Å²) in [5, 5.41) is 5.39. The highest BCUT2D eigenvalue weighted by Gasteiger charge is 2.26. The molecule has 25 heavy (non-hydrogen) atoms. The van der Waals surface area contributed by atoms with Crippen molar-refractivity contribution in [1.29, 1.82) is 0 Å². The topological polar surface area (TPSA) is 28.5 Å². The van der Waals surface area contributed by atoms with Gasteiger partial charge in [-0.15, -0.1) is 11.3 Å². The monoisotopic (exact) mass is 353 g/mol. The Morgan fingerprint density at radius 1 is 1.24 bits per heavy atom. The number of benzene rings is 1. The number of nitrogens with zero attached hydrogens (tertiary/aromatic N) is 3. The van der Waals surface area contributed by atoms with Gasteiger partial charge in [-0.3, -0.25) is 4.79 Å². The summed E-state index contributed by atoms with van der Waals surface area (Å²) in [7, 11) is 5.80. The zero-order valence-corrected chi connectivity index (χ0v) is 16.0. The Morgan fingerprint density at radius 2 is 2.04 bits per heavy atom. The fourth-order valence-electron chi connectivity index (χ4n) is 3.75. The first-order valence-electron chi connectivity index (χ1n) is 8.57. The van der Waals surface area contributed by atoms with Crippen molar-refractivity contribution < 1.29 is 4.79 Å². The van der Waals surface area contributed by atoms with Crippen molar-refractivity contribution >= 4 is 28.1 Å². The van der Waals surface area contributed by atoms with Gasteiger partial charge in [0.05, 0.1) is 16.8 Å². The standard InChI is InChI=1S/C20H23N3OS/c1-13-5-6-17-14(9-13)15-10-22(4)8-7-18(15)23(17)19-12-25-11-16(19)20(24)21(2)3/h5-6,9,11-12H,7-8,10H2,1-4H3. The molecule has 0 fully saturated rings. The first-order valence-corrected chi connectivity index (χ1v) is 9.51. The fraction of sp³-hybridized carbons (Fsp3) is 0.350. The van der Waals surface area contributed by atoms with Crippen LogP contribution in [-0.2, 0) is 13.0 Å². The largest absolute Gasteiger partial charge is 0.345 e. The Hall–Kier alpha value is -2.11. The maximum absolute atomic E-state index is 12.6. The van der Waals surface area contributed by atoms with Crippen LogP contribution in [0.25, 0.3) is 16.6 Å². The highest BCUT2D eigenvalue weighted by atomic mass is 32.1. The molecule has 2 aromatic heterocycles. The van der Waals surface area contributed by atoms with Crippen LogP contribution < -0.4 is 0 Å². The molecule has 0 radical (unpaired) electrons. The summed E-state index contributed by atoms with van der Waals surface area (Å²) in [5.74, 6) is 0.0619. The van der Waals surface area contributed by atoms with Gasteiger partial charge in [0.2, 0.25) is 0 Å². The lowest BCUT2D eigenvalue weighted by Crippen LogP contribution is -2.27. The fourth-order valence-corrected chi connectivity index (χ4v) is 4.53. The summed E-state index contributed by atoms with van der Waals surface area (Å²) in [6.07, 6.45) is 1.00. The van der Waals surface area contributed by atoms with Crippen LogP contribution in [-0.4, -0.2) is 48.0 Å². The molecule has 0 bridgehead atoms. The molecule has 0 saturated carbocycles. The molecule has 0 atom stereocenters. The molecule has 0 saturated heterocycles. The molecule has 3 heterocycles. The summed E-state index contributed by atoms with van der Waals surface area (Å²) in [6, 6.07) is 6.64. The lowest BCUT2D eigenvalue weighted by Gasteiger charge is -2.24. The quantitative estimate of drug-likeness (QED) is 0.703. The van der Waals surface area contributed by atoms with Gasteiger partial charge < -0.3 is 14.4 Å². The average Bonchev–Trinajstić information content (AvgIpc) is 3.16. The Labute approximate surface area is 152 Å². The minimum atomic E-state index is 0.0619. The number of carbonyl (C=O) groups excluding carboxylic acids is 1. The van der Waals surface area contributed by atoms with E-state index in [1.807, 2.05) is 19.5 Å². The smallest absolute Gasteiger partial charge is 0.256 e. The van der Waals surface area contributed by atoms with Crippen LogP contribution in [0.4, 0.5) is 0 Å². The normalized spacial score (nSPS) is 14.7. The number of hydrogen-bond donors (Lipinski definition) is 0. The van der Waals surface area contributed by atoms with Crippen LogP contribution in [0.1, 0.15) is 27.2 Å². The second-order valence-corrected chi connectivity index (χ2v) is 7.88. The minimum Gasteiger partial charge on any atom is -0.345 e. The van der Waals surface area contributed by atoms with Crippen molar-refractivity contribution in [1.82, 2.24) is 14.4 Å². The predicted molar refractivity (Wildman–Crippen MR) is 104 cm³/mol. The number of amides is 1. The zero-order chi connectivity index (χ0) is 17.7. The molecule has 3 aromatic rings. The minimum absolute atomic E-state index is 0.0619. The Morgan fingerprint density at radius 3 is 2.80 bits per heavy atom. The molecule has 1 aromatic carbocycles. The van der Waals surface area contributed by atoms with Gasteiger partial charge in [-0.2, -0.15) is 0 Å². The number of fused-ring (bicyclic) bond motifs is 3. The highest BCUT2D eigenvalue weighted by Crippen LogP contribution is 2.35. The van der Waals surface area contributed by atoms with Gasteiger partial charge in [0.25, 0.3) is 5.91 Å². The SMILES string of the molecule is Cc1ccc2c(c1)c1c(n2-c2cscc2C(=O)N(C)C)CCN(C)C1. The highest BCUT2D eigenvalue weighted by molar-refractivity contribution is 7.08. The van der Waals surface area contributed by atoms with Crippen LogP contribution in [0.15, 0.2) is 29.0 Å². The number of aromatic nitrogens is 1. The van der Waals surface area contributed by atoms with Crippen molar-refractivity contribution in [3.8, 4) is 5.69 Å². The van der Waals surface area contributed by atoms with E-state index in [0.717, 1.165) is 30.8 Å². The van der Waals surface area contributed by atoms with Crippen LogP contribution in [0.5, 0.6) is 0 Å². The second kappa shape index (κ2) is 6.00. The number of rotatable bonds is 2. The van der Waals surface area contributed by atoms with Gasteiger partial charge in [0.15, 0.2) is 0 Å². The summed E-state index contributed by atoms with van der Waals surface area (Å²) < 4.78 is 2.32. The molecule has 4 nitrogen and oxygen atoms in total. The molecule has 4 rings (SSSR count). The third-order valence-corrected chi connectivity index (χ3v) is 5.74. The van der Waals surface area contributed by atoms with Crippen LogP contribution in [0, 0.1) is 6.92 Å². The molecule has 0 N–H and O–H groups in total. The molecule has 5 heteroatoms. The number of aryl methyl sites for hydroxylation is 1. The van der Waals surface area contributed by atoms with E-state index in [2.05, 4.69) is 47.0 Å². The summed E-state index contributed by atoms with van der Waals surface area (Å²) in [4.78, 5) is 16.7. The van der Waals surface area contributed by atoms with E-state index in [1.165, 1.54) is 27.7 Å². The second-order valence-electron chi connectivity index (χ2n) is 7.14. The first-order chi connectivity index (χ1) is 12.0. The Balaban J connectivity index is 2.01. The summed E-state index contributed by atoms with van der Waals surface area (Å²) in [5.41, 5.74) is 7.04. The molecule has 1 amide bonds. The van der Waals surface area contributed by atoms with E-state index >= 15 is 0 Å². The summed E-state index contributed by atoms with van der Waals surface area (Å²) in [6.45, 7) is 4.15. The van der Waals surface area contributed by atoms with Crippen LogP contribution >= 0.6 is 11.3 Å². The van der Waals surface area contributed by atoms with Gasteiger partial charge in [-0.1, -0.05) is 11.6 Å². The molecule has 1 aliphatic rings. The number of carbonyl (C=O) groups is 1. The third kappa shape index (κ3) is 2.58. The van der Waals surface area contributed by atoms with Crippen molar-refractivity contribution in [3.63, 3.8) is 0 Å². The van der Waals surface area contributed by atoms with Gasteiger partial charge >= 0.3 is 0 Å². The van der Waals surface area contributed by atoms with Gasteiger partial charge in [-0.25, -0.2) is 0 Å². The van der Waals surface area contributed by atoms with Gasteiger partial charge in [0.1, 0.15) is 0 Å². The number of likely N-dealkylation sites (N-methyl/N-ethyl adjacent to an activating group) is 1. The number of thiophene rings is 1. The van der Waals surface area contributed by atoms with Crippen LogP contribution in [0.3, 0.4) is 0 Å². The van der Waals surface area contributed by atoms with Crippen molar-refractivity contribution in [2.24, 2.45) is 0 Å². The maximum atomic E-state index is 12.6. The van der Waals surface area contributed by atoms with E-state index in [4.69, 9.17) is 0 Å². The summed E-state index contributed by atoms with van der Waals surface area (Å²) >= 11 is 1.59. The van der Waals surface area contributed by atoms with E-state index in [1.54, 1.807) is 16.2 Å². The molecule has 0 spiro atoms. The van der Waals surface area contributed by atoms with E-state index < -0.39 is 0 Å². The zero-order valence-electron chi connectivity index (χ0n) is 15.2. The first kappa shape index (κ1) is 16.4. The lowest BCUT2D eigenvalue weighted by atomic mass is 10.0. The molecule has 130 valence electrons. The van der Waals surface area contributed by atoms with Crippen LogP contribution in [0.2, 0.25) is 0 Å². The molecular formula is C20H23N3OS. The number of hydrogen-bond acceptors (Lipinski definition) is 3. The lowest BCUT2D eigenvalue weighted by molar-refractivity contribution is 0.0828. The maximum Gasteiger partial charge on any atom is 0.256 e. The van der Waals surface area contributed by atoms with Crippen molar-refractivity contribution in [2.45, 2.75) is 19.9 Å². The van der Waals surface area contributed by atoms with Gasteiger partial charge in [-0.05, 0) is 31.7 Å². The molecular weight excluding hydrogens is 330 g/mol. The predicted octanol–water partition coefficient (Wildman–Crippen LogP) is 3.69.